The number of sulfonamides is 1. The Morgan fingerprint density at radius 1 is 1.09 bits per heavy atom. The molecule has 0 saturated carbocycles. The van der Waals surface area contributed by atoms with Crippen molar-refractivity contribution in [3.63, 3.8) is 0 Å². The van der Waals surface area contributed by atoms with Crippen molar-refractivity contribution in [1.29, 1.82) is 0 Å². The van der Waals surface area contributed by atoms with Gasteiger partial charge in [-0.1, -0.05) is 20.8 Å². The summed E-state index contributed by atoms with van der Waals surface area (Å²) in [6, 6.07) is 5.94. The van der Waals surface area contributed by atoms with Crippen LogP contribution < -0.4 is 9.46 Å². The van der Waals surface area contributed by atoms with Crippen LogP contribution in [0.3, 0.4) is 0 Å². The number of sulfone groups is 1. The molecule has 0 unspecified atom stereocenters. The van der Waals surface area contributed by atoms with E-state index in [4.69, 9.17) is 4.74 Å². The number of hydrogen-bond acceptors (Lipinski definition) is 5. The quantitative estimate of drug-likeness (QED) is 0.685. The smallest absolute Gasteiger partial charge is 0.240 e. The molecule has 0 aliphatic rings. The van der Waals surface area contributed by atoms with Crippen LogP contribution in [-0.4, -0.2) is 41.5 Å². The van der Waals surface area contributed by atoms with Gasteiger partial charge in [0.05, 0.1) is 10.6 Å². The van der Waals surface area contributed by atoms with Crippen molar-refractivity contribution in [2.45, 2.75) is 32.1 Å². The molecule has 0 aliphatic carbocycles. The summed E-state index contributed by atoms with van der Waals surface area (Å²) in [5, 5.41) is 0. The molecule has 0 amide bonds. The maximum Gasteiger partial charge on any atom is 0.240 e. The highest BCUT2D eigenvalue weighted by Gasteiger charge is 2.14. The molecule has 0 radical (unpaired) electrons. The fraction of sp³-hybridized carbons (Fsp3) is 0.600. The summed E-state index contributed by atoms with van der Waals surface area (Å²) in [6.07, 6.45) is 0.770. The summed E-state index contributed by atoms with van der Waals surface area (Å²) >= 11 is 0. The predicted molar refractivity (Wildman–Crippen MR) is 90.9 cm³/mol. The Hall–Kier alpha value is -1.12. The minimum atomic E-state index is -3.52. The Labute approximate surface area is 139 Å². The molecule has 0 bridgehead atoms. The van der Waals surface area contributed by atoms with Crippen LogP contribution in [-0.2, 0) is 19.9 Å². The number of rotatable bonds is 10. The Morgan fingerprint density at radius 2 is 1.70 bits per heavy atom. The van der Waals surface area contributed by atoms with Crippen LogP contribution in [0.1, 0.15) is 27.2 Å². The Morgan fingerprint density at radius 3 is 2.22 bits per heavy atom. The van der Waals surface area contributed by atoms with Gasteiger partial charge in [-0.25, -0.2) is 21.6 Å². The lowest BCUT2D eigenvalue weighted by atomic mass is 10.1. The third-order valence-electron chi connectivity index (χ3n) is 3.25. The highest BCUT2D eigenvalue weighted by Crippen LogP contribution is 2.16. The maximum absolute atomic E-state index is 12.1. The third-order valence-corrected chi connectivity index (χ3v) is 6.40. The minimum Gasteiger partial charge on any atom is -0.493 e. The van der Waals surface area contributed by atoms with E-state index in [1.165, 1.54) is 24.3 Å². The Kier molecular flexibility index (Phi) is 7.50. The summed E-state index contributed by atoms with van der Waals surface area (Å²) in [6.45, 7) is 6.08. The van der Waals surface area contributed by atoms with Gasteiger partial charge in [0, 0.05) is 12.3 Å². The van der Waals surface area contributed by atoms with Gasteiger partial charge in [0.1, 0.15) is 12.4 Å². The number of ether oxygens (including phenoxy) is 1. The van der Waals surface area contributed by atoms with Crippen LogP contribution in [0.25, 0.3) is 0 Å². The van der Waals surface area contributed by atoms with Gasteiger partial charge in [-0.15, -0.1) is 0 Å². The van der Waals surface area contributed by atoms with E-state index in [1.54, 1.807) is 6.92 Å². The summed E-state index contributed by atoms with van der Waals surface area (Å²) in [5.74, 6) is 0.890. The second kappa shape index (κ2) is 8.65. The molecule has 132 valence electrons. The monoisotopic (exact) mass is 363 g/mol. The van der Waals surface area contributed by atoms with E-state index in [1.807, 2.05) is 13.8 Å². The molecule has 23 heavy (non-hydrogen) atoms. The second-order valence-corrected chi connectivity index (χ2v) is 9.88. The van der Waals surface area contributed by atoms with Gasteiger partial charge in [-0.3, -0.25) is 0 Å². The lowest BCUT2D eigenvalue weighted by Gasteiger charge is -2.10. The molecule has 6 nitrogen and oxygen atoms in total. The summed E-state index contributed by atoms with van der Waals surface area (Å²) < 4.78 is 54.7. The average Bonchev–Trinajstić information content (AvgIpc) is 2.47. The molecule has 0 aromatic heterocycles. The van der Waals surface area contributed by atoms with Crippen molar-refractivity contribution in [1.82, 2.24) is 4.72 Å². The fourth-order valence-corrected chi connectivity index (χ4v) is 3.38. The van der Waals surface area contributed by atoms with Crippen molar-refractivity contribution >= 4 is 19.9 Å². The van der Waals surface area contributed by atoms with Gasteiger partial charge >= 0.3 is 0 Å². The van der Waals surface area contributed by atoms with E-state index < -0.39 is 19.9 Å². The predicted octanol–water partition coefficient (Wildman–Crippen LogP) is 1.82. The van der Waals surface area contributed by atoms with Crippen LogP contribution in [0, 0.1) is 5.92 Å². The standard InChI is InChI=1S/C15H25NO5S2/c1-4-22(17,18)12-11-21-14-5-7-15(8-6-14)23(19,20)16-10-9-13(2)3/h5-8,13,16H,4,9-12H2,1-3H3. The molecule has 0 saturated heterocycles. The van der Waals surface area contributed by atoms with Gasteiger partial charge in [0.15, 0.2) is 9.84 Å². The van der Waals surface area contributed by atoms with Crippen LogP contribution >= 0.6 is 0 Å². The van der Waals surface area contributed by atoms with Crippen molar-refractivity contribution < 1.29 is 21.6 Å². The Bertz CT molecular complexity index is 679. The SMILES string of the molecule is CCS(=O)(=O)CCOc1ccc(S(=O)(=O)NCCC(C)C)cc1. The number of benzene rings is 1. The lowest BCUT2D eigenvalue weighted by Crippen LogP contribution is -2.25. The van der Waals surface area contributed by atoms with Crippen LogP contribution in [0.15, 0.2) is 29.2 Å². The number of nitrogens with one attached hydrogen (secondary N) is 1. The first-order valence-electron chi connectivity index (χ1n) is 7.59. The molecule has 1 rings (SSSR count). The first-order chi connectivity index (χ1) is 10.7. The van der Waals surface area contributed by atoms with E-state index in [9.17, 15) is 16.8 Å². The molecule has 8 heteroatoms. The van der Waals surface area contributed by atoms with E-state index in [0.29, 0.717) is 18.2 Å². The molecule has 1 N–H and O–H groups in total. The third kappa shape index (κ3) is 7.32. The molecule has 0 atom stereocenters. The van der Waals surface area contributed by atoms with E-state index in [2.05, 4.69) is 4.72 Å². The van der Waals surface area contributed by atoms with Crippen LogP contribution in [0.4, 0.5) is 0 Å². The van der Waals surface area contributed by atoms with E-state index >= 15 is 0 Å². The summed E-state index contributed by atoms with van der Waals surface area (Å²) in [5.41, 5.74) is 0. The zero-order valence-electron chi connectivity index (χ0n) is 13.8. The zero-order chi connectivity index (χ0) is 17.5. The molecule has 0 spiro atoms. The molecule has 0 fully saturated rings. The van der Waals surface area contributed by atoms with E-state index in [-0.39, 0.29) is 23.0 Å². The van der Waals surface area contributed by atoms with Crippen molar-refractivity contribution in [3.05, 3.63) is 24.3 Å². The molecule has 0 aliphatic heterocycles. The summed E-state index contributed by atoms with van der Waals surface area (Å²) in [4.78, 5) is 0.162. The fourth-order valence-electron chi connectivity index (χ4n) is 1.71. The zero-order valence-corrected chi connectivity index (χ0v) is 15.4. The van der Waals surface area contributed by atoms with Gasteiger partial charge in [0.2, 0.25) is 10.0 Å². The highest BCUT2D eigenvalue weighted by molar-refractivity contribution is 7.91. The van der Waals surface area contributed by atoms with Gasteiger partial charge in [0.25, 0.3) is 0 Å². The first kappa shape index (κ1) is 19.9. The van der Waals surface area contributed by atoms with Gasteiger partial charge < -0.3 is 4.74 Å². The maximum atomic E-state index is 12.1. The van der Waals surface area contributed by atoms with Crippen molar-refractivity contribution in [2.75, 3.05) is 24.7 Å². The van der Waals surface area contributed by atoms with Gasteiger partial charge in [-0.05, 0) is 36.6 Å². The summed E-state index contributed by atoms with van der Waals surface area (Å²) in [7, 11) is -6.59. The minimum absolute atomic E-state index is 0.0505. The number of hydrogen-bond donors (Lipinski definition) is 1. The second-order valence-electron chi connectivity index (χ2n) is 5.64. The molecular formula is C15H25NO5S2. The Balaban J connectivity index is 2.58. The van der Waals surface area contributed by atoms with Crippen LogP contribution in [0.5, 0.6) is 5.75 Å². The largest absolute Gasteiger partial charge is 0.493 e. The molecule has 1 aromatic rings. The van der Waals surface area contributed by atoms with E-state index in [0.717, 1.165) is 6.42 Å². The molecule has 0 heterocycles. The normalized spacial score (nSPS) is 12.5. The average molecular weight is 364 g/mol. The highest BCUT2D eigenvalue weighted by atomic mass is 32.2. The molecular weight excluding hydrogens is 338 g/mol. The van der Waals surface area contributed by atoms with Crippen LogP contribution in [0.2, 0.25) is 0 Å². The van der Waals surface area contributed by atoms with Crippen molar-refractivity contribution in [3.8, 4) is 5.75 Å². The molecule has 1 aromatic carbocycles. The van der Waals surface area contributed by atoms with Crippen molar-refractivity contribution in [2.24, 2.45) is 5.92 Å². The first-order valence-corrected chi connectivity index (χ1v) is 10.9. The topological polar surface area (TPSA) is 89.5 Å². The lowest BCUT2D eigenvalue weighted by molar-refractivity contribution is 0.340. The van der Waals surface area contributed by atoms with Gasteiger partial charge in [-0.2, -0.15) is 0 Å².